The van der Waals surface area contributed by atoms with Gasteiger partial charge in [0, 0.05) is 25.9 Å². The number of ether oxygens (including phenoxy) is 2. The molecule has 0 aliphatic carbocycles. The lowest BCUT2D eigenvalue weighted by molar-refractivity contribution is 0.0388. The number of hydrogen-bond acceptors (Lipinski definition) is 3. The molecular formula is C12H19NO2. The summed E-state index contributed by atoms with van der Waals surface area (Å²) in [6.07, 6.45) is 3.86. The minimum Gasteiger partial charge on any atom is -0.490 e. The SMILES string of the molecule is C=C1CC[C@@H](OC)CO/C1=C(C)/C=N\C. The summed E-state index contributed by atoms with van der Waals surface area (Å²) < 4.78 is 11.0. The maximum absolute atomic E-state index is 5.70. The number of methoxy groups -OCH3 is 1. The number of hydrogen-bond donors (Lipinski definition) is 0. The van der Waals surface area contributed by atoms with E-state index < -0.39 is 0 Å². The molecule has 1 rings (SSSR count). The highest BCUT2D eigenvalue weighted by Gasteiger charge is 2.18. The van der Waals surface area contributed by atoms with Gasteiger partial charge in [0.15, 0.2) is 0 Å². The summed E-state index contributed by atoms with van der Waals surface area (Å²) in [6.45, 7) is 6.61. The van der Waals surface area contributed by atoms with Gasteiger partial charge in [-0.25, -0.2) is 0 Å². The van der Waals surface area contributed by atoms with Crippen molar-refractivity contribution in [1.82, 2.24) is 0 Å². The molecular weight excluding hydrogens is 190 g/mol. The fourth-order valence-electron chi connectivity index (χ4n) is 1.64. The van der Waals surface area contributed by atoms with E-state index >= 15 is 0 Å². The van der Waals surface area contributed by atoms with E-state index in [1.54, 1.807) is 20.4 Å². The van der Waals surface area contributed by atoms with Crippen molar-refractivity contribution in [2.24, 2.45) is 4.99 Å². The van der Waals surface area contributed by atoms with Crippen molar-refractivity contribution in [1.29, 1.82) is 0 Å². The number of aliphatic imine (C=N–C) groups is 1. The lowest BCUT2D eigenvalue weighted by Gasteiger charge is -2.12. The van der Waals surface area contributed by atoms with Gasteiger partial charge < -0.3 is 9.47 Å². The maximum atomic E-state index is 5.70. The summed E-state index contributed by atoms with van der Waals surface area (Å²) in [7, 11) is 3.47. The smallest absolute Gasteiger partial charge is 0.126 e. The van der Waals surface area contributed by atoms with Gasteiger partial charge in [0.25, 0.3) is 0 Å². The standard InChI is InChI=1S/C12H19NO2/c1-9-5-6-11(14-4)8-15-12(9)10(2)7-13-3/h7,11H,1,5-6,8H2,2-4H3/b12-10+,13-7-/t11-/m1/s1. The Balaban J connectivity index is 2.82. The normalized spacial score (nSPS) is 26.3. The molecule has 0 N–H and O–H groups in total. The van der Waals surface area contributed by atoms with E-state index in [-0.39, 0.29) is 6.10 Å². The van der Waals surface area contributed by atoms with Crippen LogP contribution in [-0.4, -0.2) is 33.1 Å². The summed E-state index contributed by atoms with van der Waals surface area (Å²) in [5.41, 5.74) is 2.06. The van der Waals surface area contributed by atoms with Crippen LogP contribution in [0.1, 0.15) is 19.8 Å². The van der Waals surface area contributed by atoms with Crippen LogP contribution in [0.5, 0.6) is 0 Å². The number of allylic oxidation sites excluding steroid dienone is 2. The van der Waals surface area contributed by atoms with Crippen LogP contribution in [0.25, 0.3) is 0 Å². The summed E-state index contributed by atoms with van der Waals surface area (Å²) in [5.74, 6) is 0.875. The lowest BCUT2D eigenvalue weighted by atomic mass is 10.1. The van der Waals surface area contributed by atoms with Crippen LogP contribution in [0.3, 0.4) is 0 Å². The predicted molar refractivity (Wildman–Crippen MR) is 62.2 cm³/mol. The molecule has 1 saturated heterocycles. The van der Waals surface area contributed by atoms with Crippen molar-refractivity contribution >= 4 is 6.21 Å². The van der Waals surface area contributed by atoms with Gasteiger partial charge in [-0.1, -0.05) is 6.58 Å². The molecule has 0 aromatic rings. The van der Waals surface area contributed by atoms with Crippen molar-refractivity contribution < 1.29 is 9.47 Å². The van der Waals surface area contributed by atoms with Crippen molar-refractivity contribution in [2.45, 2.75) is 25.9 Å². The first-order valence-corrected chi connectivity index (χ1v) is 5.15. The Morgan fingerprint density at radius 1 is 1.67 bits per heavy atom. The predicted octanol–water partition coefficient (Wildman–Crippen LogP) is 2.34. The van der Waals surface area contributed by atoms with Gasteiger partial charge in [-0.3, -0.25) is 4.99 Å². The maximum Gasteiger partial charge on any atom is 0.126 e. The second-order valence-corrected chi connectivity index (χ2v) is 3.71. The first kappa shape index (κ1) is 12.0. The average Bonchev–Trinajstić information content (AvgIpc) is 2.40. The van der Waals surface area contributed by atoms with Crippen LogP contribution < -0.4 is 0 Å². The molecule has 3 nitrogen and oxygen atoms in total. The third-order valence-corrected chi connectivity index (χ3v) is 2.52. The van der Waals surface area contributed by atoms with E-state index in [9.17, 15) is 0 Å². The Morgan fingerprint density at radius 3 is 3.00 bits per heavy atom. The molecule has 84 valence electrons. The average molecular weight is 209 g/mol. The Kier molecular flexibility index (Phi) is 4.56. The van der Waals surface area contributed by atoms with E-state index in [4.69, 9.17) is 9.47 Å². The molecule has 0 bridgehead atoms. The van der Waals surface area contributed by atoms with Crippen LogP contribution >= 0.6 is 0 Å². The van der Waals surface area contributed by atoms with Gasteiger partial charge in [-0.05, 0) is 25.3 Å². The van der Waals surface area contributed by atoms with Gasteiger partial charge >= 0.3 is 0 Å². The Bertz CT molecular complexity index is 292. The number of rotatable bonds is 2. The number of nitrogens with zero attached hydrogens (tertiary/aromatic N) is 1. The highest BCUT2D eigenvalue weighted by Crippen LogP contribution is 2.24. The minimum absolute atomic E-state index is 0.172. The summed E-state index contributed by atoms with van der Waals surface area (Å²) in [5, 5.41) is 0. The quantitative estimate of drug-likeness (QED) is 0.653. The first-order valence-electron chi connectivity index (χ1n) is 5.15. The zero-order valence-corrected chi connectivity index (χ0v) is 9.75. The third kappa shape index (κ3) is 3.20. The summed E-state index contributed by atoms with van der Waals surface area (Å²) in [6, 6.07) is 0. The van der Waals surface area contributed by atoms with Gasteiger partial charge in [0.1, 0.15) is 12.4 Å². The van der Waals surface area contributed by atoms with Crippen LogP contribution in [0.4, 0.5) is 0 Å². The van der Waals surface area contributed by atoms with E-state index in [0.717, 1.165) is 29.7 Å². The van der Waals surface area contributed by atoms with Crippen molar-refractivity contribution in [3.8, 4) is 0 Å². The first-order chi connectivity index (χ1) is 7.19. The molecule has 0 unspecified atom stereocenters. The molecule has 1 heterocycles. The summed E-state index contributed by atoms with van der Waals surface area (Å²) in [4.78, 5) is 3.98. The van der Waals surface area contributed by atoms with Crippen molar-refractivity contribution in [3.63, 3.8) is 0 Å². The molecule has 1 fully saturated rings. The van der Waals surface area contributed by atoms with Gasteiger partial charge in [-0.15, -0.1) is 0 Å². The van der Waals surface area contributed by atoms with E-state index in [1.807, 2.05) is 6.92 Å². The zero-order chi connectivity index (χ0) is 11.3. The fourth-order valence-corrected chi connectivity index (χ4v) is 1.64. The molecule has 0 saturated carbocycles. The molecule has 1 aliphatic rings. The van der Waals surface area contributed by atoms with Gasteiger partial charge in [-0.2, -0.15) is 0 Å². The van der Waals surface area contributed by atoms with Gasteiger partial charge in [0.05, 0.1) is 6.10 Å². The summed E-state index contributed by atoms with van der Waals surface area (Å²) >= 11 is 0. The molecule has 3 heteroatoms. The molecule has 1 aliphatic heterocycles. The zero-order valence-electron chi connectivity index (χ0n) is 9.75. The van der Waals surface area contributed by atoms with E-state index in [1.165, 1.54) is 0 Å². The highest BCUT2D eigenvalue weighted by molar-refractivity contribution is 5.79. The molecule has 0 aromatic carbocycles. The molecule has 0 amide bonds. The van der Waals surface area contributed by atoms with Gasteiger partial charge in [0.2, 0.25) is 0 Å². The highest BCUT2D eigenvalue weighted by atomic mass is 16.5. The van der Waals surface area contributed by atoms with E-state index in [0.29, 0.717) is 6.61 Å². The van der Waals surface area contributed by atoms with Crippen LogP contribution in [0.2, 0.25) is 0 Å². The third-order valence-electron chi connectivity index (χ3n) is 2.52. The monoisotopic (exact) mass is 209 g/mol. The Hall–Kier alpha value is -1.09. The van der Waals surface area contributed by atoms with E-state index in [2.05, 4.69) is 11.6 Å². The second-order valence-electron chi connectivity index (χ2n) is 3.71. The van der Waals surface area contributed by atoms with Crippen LogP contribution in [-0.2, 0) is 9.47 Å². The fraction of sp³-hybridized carbons (Fsp3) is 0.583. The van der Waals surface area contributed by atoms with Crippen molar-refractivity contribution in [3.05, 3.63) is 23.5 Å². The minimum atomic E-state index is 0.172. The van der Waals surface area contributed by atoms with Crippen LogP contribution in [0, 0.1) is 0 Å². The van der Waals surface area contributed by atoms with Crippen molar-refractivity contribution in [2.75, 3.05) is 20.8 Å². The lowest BCUT2D eigenvalue weighted by Crippen LogP contribution is -2.15. The van der Waals surface area contributed by atoms with Crippen LogP contribution in [0.15, 0.2) is 28.5 Å². The second kappa shape index (κ2) is 5.71. The Morgan fingerprint density at radius 2 is 2.40 bits per heavy atom. The molecule has 0 spiro atoms. The molecule has 0 aromatic heterocycles. The molecule has 0 radical (unpaired) electrons. The topological polar surface area (TPSA) is 30.8 Å². The molecule has 1 atom stereocenters. The molecule has 15 heavy (non-hydrogen) atoms. The largest absolute Gasteiger partial charge is 0.490 e. The Labute approximate surface area is 91.5 Å².